The van der Waals surface area contributed by atoms with E-state index in [9.17, 15) is 22.8 Å². The lowest BCUT2D eigenvalue weighted by atomic mass is 10.2. The summed E-state index contributed by atoms with van der Waals surface area (Å²) < 4.78 is 49.5. The van der Waals surface area contributed by atoms with Gasteiger partial charge in [0.2, 0.25) is 5.78 Å². The molecule has 0 N–H and O–H groups in total. The number of hydrogen-bond donors (Lipinski definition) is 0. The summed E-state index contributed by atoms with van der Waals surface area (Å²) >= 11 is 0. The van der Waals surface area contributed by atoms with Gasteiger partial charge in [0.25, 0.3) is 5.56 Å². The van der Waals surface area contributed by atoms with Gasteiger partial charge >= 0.3 is 11.9 Å². The van der Waals surface area contributed by atoms with Crippen LogP contribution >= 0.6 is 0 Å². The summed E-state index contributed by atoms with van der Waals surface area (Å²) in [5.41, 5.74) is 0.490. The maximum Gasteiger partial charge on any atom is 0.416 e. The minimum absolute atomic E-state index is 0.0861. The van der Waals surface area contributed by atoms with Crippen molar-refractivity contribution in [2.24, 2.45) is 7.05 Å². The molecule has 0 aliphatic rings. The number of rotatable bonds is 4. The fraction of sp³-hybridized carbons (Fsp3) is 0.350. The molecule has 0 spiro atoms. The second kappa shape index (κ2) is 7.12. The first-order valence-corrected chi connectivity index (χ1v) is 9.44. The highest BCUT2D eigenvalue weighted by atomic mass is 19.4. The monoisotopic (exact) mass is 435 g/mol. The minimum atomic E-state index is -4.44. The number of imidazole rings is 2. The van der Waals surface area contributed by atoms with E-state index in [4.69, 9.17) is 4.74 Å². The van der Waals surface area contributed by atoms with Crippen LogP contribution in [0.4, 0.5) is 13.2 Å². The number of alkyl halides is 3. The number of methoxy groups -OCH3 is 1. The van der Waals surface area contributed by atoms with Crippen LogP contribution in [0.5, 0.6) is 0 Å². The predicted octanol–water partition coefficient (Wildman–Crippen LogP) is 2.42. The zero-order chi connectivity index (χ0) is 22.7. The van der Waals surface area contributed by atoms with E-state index in [0.29, 0.717) is 22.9 Å². The van der Waals surface area contributed by atoms with Crippen molar-refractivity contribution < 1.29 is 17.9 Å². The summed E-state index contributed by atoms with van der Waals surface area (Å²) in [6, 6.07) is 4.70. The molecule has 0 saturated carbocycles. The number of hydrogen-bond acceptors (Lipinski definition) is 4. The molecule has 3 heterocycles. The second-order valence-electron chi connectivity index (χ2n) is 7.26. The van der Waals surface area contributed by atoms with E-state index in [1.165, 1.54) is 30.9 Å². The Morgan fingerprint density at radius 2 is 1.71 bits per heavy atom. The predicted molar refractivity (Wildman–Crippen MR) is 108 cm³/mol. The number of ether oxygens (including phenoxy) is 1. The molecule has 0 saturated heterocycles. The van der Waals surface area contributed by atoms with Gasteiger partial charge < -0.3 is 4.74 Å². The topological polar surface area (TPSA) is 75.5 Å². The Labute approximate surface area is 173 Å². The number of nitrogens with zero attached hydrogens (tertiary/aromatic N) is 5. The average molecular weight is 435 g/mol. The highest BCUT2D eigenvalue weighted by molar-refractivity contribution is 5.77. The molecule has 0 aliphatic carbocycles. The normalized spacial score (nSPS) is 12.4. The Hall–Kier alpha value is -3.34. The number of aromatic nitrogens is 5. The number of halogens is 3. The first-order valence-electron chi connectivity index (χ1n) is 9.44. The van der Waals surface area contributed by atoms with Crippen LogP contribution in [0.2, 0.25) is 0 Å². The third kappa shape index (κ3) is 3.07. The van der Waals surface area contributed by atoms with Crippen LogP contribution < -0.4 is 11.2 Å². The number of fused-ring (bicyclic) bond motifs is 3. The van der Waals surface area contributed by atoms with Crippen LogP contribution in [0, 0.1) is 13.8 Å². The van der Waals surface area contributed by atoms with Gasteiger partial charge in [0.15, 0.2) is 11.2 Å². The van der Waals surface area contributed by atoms with Crippen molar-refractivity contribution in [3.05, 3.63) is 62.1 Å². The van der Waals surface area contributed by atoms with Crippen LogP contribution in [-0.2, 0) is 24.5 Å². The molecule has 1 aromatic carbocycles. The first kappa shape index (κ1) is 20.9. The zero-order valence-electron chi connectivity index (χ0n) is 17.3. The van der Waals surface area contributed by atoms with E-state index in [0.717, 1.165) is 16.7 Å². The van der Waals surface area contributed by atoms with E-state index in [1.807, 2.05) is 0 Å². The Kier molecular flexibility index (Phi) is 4.80. The van der Waals surface area contributed by atoms with Gasteiger partial charge in [-0.05, 0) is 38.1 Å². The van der Waals surface area contributed by atoms with Crippen molar-refractivity contribution in [2.45, 2.75) is 26.6 Å². The molecule has 0 radical (unpaired) electrons. The van der Waals surface area contributed by atoms with Crippen molar-refractivity contribution in [1.82, 2.24) is 23.1 Å². The fourth-order valence-electron chi connectivity index (χ4n) is 3.74. The number of aryl methyl sites for hydroxylation is 2. The van der Waals surface area contributed by atoms with E-state index < -0.39 is 23.0 Å². The molecule has 0 aliphatic heterocycles. The third-order valence-corrected chi connectivity index (χ3v) is 5.49. The Morgan fingerprint density at radius 3 is 2.29 bits per heavy atom. The van der Waals surface area contributed by atoms with Crippen LogP contribution in [0.3, 0.4) is 0 Å². The van der Waals surface area contributed by atoms with Gasteiger partial charge in [-0.15, -0.1) is 0 Å². The Bertz CT molecular complexity index is 1420. The van der Waals surface area contributed by atoms with Crippen molar-refractivity contribution in [1.29, 1.82) is 0 Å². The van der Waals surface area contributed by atoms with Crippen LogP contribution in [-0.4, -0.2) is 36.8 Å². The van der Waals surface area contributed by atoms with Crippen LogP contribution in [0.1, 0.15) is 17.0 Å². The molecule has 0 fully saturated rings. The molecular formula is C20H20F3N5O3. The standard InChI is InChI=1S/C20H20F3N5O3/c1-11-12(2)28-15-16(25(3)19(30)26(17(15)29)9-10-31-4)24-18(28)27(11)14-7-5-13(6-8-14)20(21,22)23/h5-8H,9-10H2,1-4H3. The molecule has 8 nitrogen and oxygen atoms in total. The Morgan fingerprint density at radius 1 is 1.06 bits per heavy atom. The van der Waals surface area contributed by atoms with E-state index in [1.54, 1.807) is 22.8 Å². The van der Waals surface area contributed by atoms with Crippen molar-refractivity contribution in [2.75, 3.05) is 13.7 Å². The molecule has 164 valence electrons. The van der Waals surface area contributed by atoms with Crippen LogP contribution in [0.15, 0.2) is 33.9 Å². The summed E-state index contributed by atoms with van der Waals surface area (Å²) in [5.74, 6) is 0.335. The van der Waals surface area contributed by atoms with Crippen molar-refractivity contribution in [3.8, 4) is 5.69 Å². The molecule has 11 heteroatoms. The first-order chi connectivity index (χ1) is 14.6. The van der Waals surface area contributed by atoms with Gasteiger partial charge in [-0.25, -0.2) is 4.79 Å². The third-order valence-electron chi connectivity index (χ3n) is 5.49. The van der Waals surface area contributed by atoms with E-state index in [2.05, 4.69) is 4.98 Å². The van der Waals surface area contributed by atoms with Gasteiger partial charge in [-0.1, -0.05) is 0 Å². The maximum atomic E-state index is 13.1. The highest BCUT2D eigenvalue weighted by Crippen LogP contribution is 2.31. The lowest BCUT2D eigenvalue weighted by Gasteiger charge is -2.10. The van der Waals surface area contributed by atoms with Gasteiger partial charge in [-0.3, -0.25) is 22.9 Å². The highest BCUT2D eigenvalue weighted by Gasteiger charge is 2.30. The lowest BCUT2D eigenvalue weighted by Crippen LogP contribution is -2.40. The summed E-state index contributed by atoms with van der Waals surface area (Å²) in [4.78, 5) is 30.3. The molecule has 31 heavy (non-hydrogen) atoms. The van der Waals surface area contributed by atoms with Gasteiger partial charge in [-0.2, -0.15) is 18.2 Å². The molecule has 4 rings (SSSR count). The molecule has 0 amide bonds. The van der Waals surface area contributed by atoms with Gasteiger partial charge in [0.1, 0.15) is 0 Å². The summed E-state index contributed by atoms with van der Waals surface area (Å²) in [6.45, 7) is 3.85. The average Bonchev–Trinajstić information content (AvgIpc) is 3.22. The zero-order valence-corrected chi connectivity index (χ0v) is 17.3. The van der Waals surface area contributed by atoms with Gasteiger partial charge in [0.05, 0.1) is 18.7 Å². The fourth-order valence-corrected chi connectivity index (χ4v) is 3.74. The largest absolute Gasteiger partial charge is 0.416 e. The molecule has 0 unspecified atom stereocenters. The summed E-state index contributed by atoms with van der Waals surface area (Å²) in [5, 5.41) is 0. The van der Waals surface area contributed by atoms with E-state index >= 15 is 0 Å². The molecule has 0 atom stereocenters. The molecule has 4 aromatic rings. The van der Waals surface area contributed by atoms with E-state index in [-0.39, 0.29) is 24.3 Å². The van der Waals surface area contributed by atoms with Crippen molar-refractivity contribution >= 4 is 16.9 Å². The quantitative estimate of drug-likeness (QED) is 0.494. The maximum absolute atomic E-state index is 13.1. The van der Waals surface area contributed by atoms with Gasteiger partial charge in [0, 0.05) is 31.2 Å². The summed E-state index contributed by atoms with van der Waals surface area (Å²) in [6.07, 6.45) is -4.44. The van der Waals surface area contributed by atoms with Crippen LogP contribution in [0.25, 0.3) is 22.6 Å². The number of benzene rings is 1. The Balaban J connectivity index is 2.04. The van der Waals surface area contributed by atoms with Crippen molar-refractivity contribution in [3.63, 3.8) is 0 Å². The molecular weight excluding hydrogens is 415 g/mol. The molecule has 3 aromatic heterocycles. The smallest absolute Gasteiger partial charge is 0.383 e. The summed E-state index contributed by atoms with van der Waals surface area (Å²) in [7, 11) is 2.99. The SMILES string of the molecule is COCCn1c(=O)c2c(nc3n(-c4ccc(C(F)(F)F)cc4)c(C)c(C)n23)n(C)c1=O. The second-order valence-corrected chi connectivity index (χ2v) is 7.26. The minimum Gasteiger partial charge on any atom is -0.383 e. The molecule has 0 bridgehead atoms. The lowest BCUT2D eigenvalue weighted by molar-refractivity contribution is -0.137.